The first-order chi connectivity index (χ1) is 16.9. The Labute approximate surface area is 205 Å². The Hall–Kier alpha value is -5.03. The Morgan fingerprint density at radius 2 is 0.917 bits per heavy atom. The van der Waals surface area contributed by atoms with Crippen LogP contribution in [0.25, 0.3) is 43.1 Å². The van der Waals surface area contributed by atoms with Gasteiger partial charge in [-0.2, -0.15) is 0 Å². The molecule has 0 aliphatic heterocycles. The van der Waals surface area contributed by atoms with Crippen LogP contribution in [-0.2, 0) is 4.74 Å². The van der Waals surface area contributed by atoms with E-state index in [-0.39, 0.29) is 0 Å². The van der Waals surface area contributed by atoms with Gasteiger partial charge in [-0.3, -0.25) is 0 Å². The quantitative estimate of drug-likeness (QED) is 0.0526. The van der Waals surface area contributed by atoms with Gasteiger partial charge in [0.05, 0.1) is 0 Å². The summed E-state index contributed by atoms with van der Waals surface area (Å²) in [5.41, 5.74) is 0. The number of rotatable bonds is 0. The molecule has 0 heterocycles. The fourth-order valence-corrected chi connectivity index (χ4v) is 3.95. The summed E-state index contributed by atoms with van der Waals surface area (Å²) >= 11 is 6.56. The lowest BCUT2D eigenvalue weighted by molar-refractivity contribution is 0.0800. The van der Waals surface area contributed by atoms with E-state index in [1.807, 2.05) is 6.07 Å². The summed E-state index contributed by atoms with van der Waals surface area (Å²) in [5.74, 6) is 0. The summed E-state index contributed by atoms with van der Waals surface area (Å²) in [4.78, 5) is 35.5. The highest BCUT2D eigenvalue weighted by molar-refractivity contribution is 6.43. The molecule has 0 aliphatic carbocycles. The Morgan fingerprint density at radius 1 is 0.528 bits per heavy atom. The zero-order valence-corrected chi connectivity index (χ0v) is 18.7. The Bertz CT molecular complexity index is 1530. The van der Waals surface area contributed by atoms with Gasteiger partial charge in [0.15, 0.2) is 0 Å². The van der Waals surface area contributed by atoms with Crippen molar-refractivity contribution >= 4 is 79.3 Å². The van der Waals surface area contributed by atoms with E-state index in [9.17, 15) is 9.59 Å². The molecular weight excluding hydrogens is 500 g/mol. The summed E-state index contributed by atoms with van der Waals surface area (Å²) in [5, 5.41) is 53.8. The zero-order chi connectivity index (χ0) is 27.0. The molecule has 0 aliphatic rings. The van der Waals surface area contributed by atoms with E-state index >= 15 is 0 Å². The van der Waals surface area contributed by atoms with Crippen LogP contribution in [0.5, 0.6) is 0 Å². The average molecular weight is 517 g/mol. The third-order valence-corrected chi connectivity index (χ3v) is 4.95. The van der Waals surface area contributed by atoms with Gasteiger partial charge >= 0.3 is 24.6 Å². The second-order valence-electron chi connectivity index (χ2n) is 6.73. The second-order valence-corrected chi connectivity index (χ2v) is 7.14. The number of hydrogen-bond donors (Lipinski definition) is 6. The largest absolute Gasteiger partial charge is 0.516 e. The third-order valence-electron chi connectivity index (χ3n) is 4.63. The molecular formula is C24H17ClO11. The molecule has 12 heteroatoms. The minimum atomic E-state index is -1.83. The van der Waals surface area contributed by atoms with E-state index < -0.39 is 24.6 Å². The average Bonchev–Trinajstić information content (AvgIpc) is 2.77. The summed E-state index contributed by atoms with van der Waals surface area (Å²) in [6, 6.07) is 23.6. The first-order valence-corrected chi connectivity index (χ1v) is 10.0. The Morgan fingerprint density at radius 3 is 1.33 bits per heavy atom. The maximum absolute atomic E-state index is 9.21. The van der Waals surface area contributed by atoms with Crippen LogP contribution >= 0.6 is 11.6 Å². The molecule has 0 aromatic heterocycles. The Balaban J connectivity index is 0.000000254. The van der Waals surface area contributed by atoms with Crippen molar-refractivity contribution in [2.24, 2.45) is 0 Å². The van der Waals surface area contributed by atoms with Crippen molar-refractivity contribution in [3.63, 3.8) is 0 Å². The van der Waals surface area contributed by atoms with Crippen LogP contribution in [-0.4, -0.2) is 55.3 Å². The van der Waals surface area contributed by atoms with Crippen LogP contribution in [0, 0.1) is 0 Å². The number of hydrogen-bond acceptors (Lipinski definition) is 5. The van der Waals surface area contributed by atoms with Crippen molar-refractivity contribution in [2.75, 3.05) is 0 Å². The standard InChI is InChI=1S/C20H11Cl.C2H2O5.2CH2O3/c21-17-11-10-13-6-2-8-15-14-7-1-4-12-5-3-9-16(18(12)14)20(17)19(13)15;3-1(4)7-2(5)6;2*2-1(3)4/h1-11H;(H,3,4)(H,5,6);2*(H2,2,3,4). The molecule has 0 unspecified atom stereocenters. The molecule has 0 spiro atoms. The molecule has 0 bridgehead atoms. The number of carbonyl (C=O) groups is 4. The predicted molar refractivity (Wildman–Crippen MR) is 131 cm³/mol. The maximum Gasteiger partial charge on any atom is 0.516 e. The number of fused-ring (bicyclic) bond motifs is 2. The van der Waals surface area contributed by atoms with E-state index in [1.165, 1.54) is 43.1 Å². The molecule has 0 saturated heterocycles. The van der Waals surface area contributed by atoms with Crippen LogP contribution < -0.4 is 0 Å². The van der Waals surface area contributed by atoms with Gasteiger partial charge < -0.3 is 35.4 Å². The third kappa shape index (κ3) is 6.74. The van der Waals surface area contributed by atoms with Crippen LogP contribution in [0.2, 0.25) is 5.02 Å². The van der Waals surface area contributed by atoms with Gasteiger partial charge in [0.25, 0.3) is 0 Å². The van der Waals surface area contributed by atoms with E-state index in [2.05, 4.69) is 65.4 Å². The lowest BCUT2D eigenvalue weighted by Crippen LogP contribution is -2.05. The van der Waals surface area contributed by atoms with Gasteiger partial charge in [-0.15, -0.1) is 0 Å². The highest BCUT2D eigenvalue weighted by Crippen LogP contribution is 2.42. The molecule has 5 rings (SSSR count). The maximum atomic E-state index is 9.21. The van der Waals surface area contributed by atoms with Crippen molar-refractivity contribution in [3.05, 3.63) is 71.8 Å². The molecule has 5 aromatic rings. The van der Waals surface area contributed by atoms with E-state index in [0.717, 1.165) is 5.02 Å². The van der Waals surface area contributed by atoms with Crippen molar-refractivity contribution in [1.29, 1.82) is 0 Å². The first-order valence-electron chi connectivity index (χ1n) is 9.65. The van der Waals surface area contributed by atoms with Crippen LogP contribution in [0.1, 0.15) is 0 Å². The SMILES string of the molecule is Clc1ccc2cccc3c4cccc5cccc(c1c23)c54.O=C(O)O.O=C(O)O.O=C(O)OC(=O)O. The zero-order valence-electron chi connectivity index (χ0n) is 18.0. The highest BCUT2D eigenvalue weighted by Gasteiger charge is 2.14. The molecule has 6 N–H and O–H groups in total. The fourth-order valence-electron chi connectivity index (χ4n) is 3.69. The van der Waals surface area contributed by atoms with Crippen molar-refractivity contribution in [3.8, 4) is 0 Å². The normalized spacial score (nSPS) is 9.81. The number of benzene rings is 5. The smallest absolute Gasteiger partial charge is 0.450 e. The molecule has 11 nitrogen and oxygen atoms in total. The molecule has 0 radical (unpaired) electrons. The molecule has 186 valence electrons. The predicted octanol–water partition coefficient (Wildman–Crippen LogP) is 7.19. The van der Waals surface area contributed by atoms with Crippen molar-refractivity contribution < 1.29 is 54.6 Å². The highest BCUT2D eigenvalue weighted by atomic mass is 35.5. The molecule has 0 saturated carbocycles. The molecule has 36 heavy (non-hydrogen) atoms. The number of carboxylic acid groups (broad SMARTS) is 6. The minimum absolute atomic E-state index is 0.831. The number of halogens is 1. The van der Waals surface area contributed by atoms with E-state index in [4.69, 9.17) is 51.8 Å². The van der Waals surface area contributed by atoms with Gasteiger partial charge in [-0.25, -0.2) is 19.2 Å². The molecule has 0 fully saturated rings. The number of ether oxygens (including phenoxy) is 1. The fraction of sp³-hybridized carbons (Fsp3) is 0. The van der Waals surface area contributed by atoms with Crippen LogP contribution in [0.4, 0.5) is 19.2 Å². The molecule has 0 atom stereocenters. The second kappa shape index (κ2) is 11.9. The lowest BCUT2D eigenvalue weighted by atomic mass is 9.90. The first kappa shape index (κ1) is 27.2. The van der Waals surface area contributed by atoms with E-state index in [1.54, 1.807) is 0 Å². The summed E-state index contributed by atoms with van der Waals surface area (Å²) in [6.45, 7) is 0. The summed E-state index contributed by atoms with van der Waals surface area (Å²) < 4.78 is 3.08. The van der Waals surface area contributed by atoms with Gasteiger partial charge in [0, 0.05) is 10.4 Å². The van der Waals surface area contributed by atoms with Gasteiger partial charge in [0.2, 0.25) is 0 Å². The summed E-state index contributed by atoms with van der Waals surface area (Å²) in [7, 11) is 0. The van der Waals surface area contributed by atoms with Crippen LogP contribution in [0.15, 0.2) is 66.7 Å². The topological polar surface area (TPSA) is 199 Å². The van der Waals surface area contributed by atoms with Gasteiger partial charge in [-0.05, 0) is 43.8 Å². The lowest BCUT2D eigenvalue weighted by Gasteiger charge is -2.14. The summed E-state index contributed by atoms with van der Waals surface area (Å²) in [6.07, 6.45) is -7.29. The van der Waals surface area contributed by atoms with Crippen LogP contribution in [0.3, 0.4) is 0 Å². The van der Waals surface area contributed by atoms with E-state index in [0.29, 0.717) is 0 Å². The minimum Gasteiger partial charge on any atom is -0.450 e. The molecule has 5 aromatic carbocycles. The van der Waals surface area contributed by atoms with Crippen molar-refractivity contribution in [1.82, 2.24) is 0 Å². The monoisotopic (exact) mass is 516 g/mol. The Kier molecular flexibility index (Phi) is 9.00. The van der Waals surface area contributed by atoms with Gasteiger partial charge in [-0.1, -0.05) is 72.3 Å². The van der Waals surface area contributed by atoms with Crippen molar-refractivity contribution in [2.45, 2.75) is 0 Å². The van der Waals surface area contributed by atoms with Gasteiger partial charge in [0.1, 0.15) is 0 Å². The molecule has 0 amide bonds.